The molecule has 0 fully saturated rings. The van der Waals surface area contributed by atoms with Crippen LogP contribution in [0.4, 0.5) is 5.69 Å². The zero-order valence-corrected chi connectivity index (χ0v) is 19.9. The van der Waals surface area contributed by atoms with Crippen molar-refractivity contribution >= 4 is 21.6 Å². The molecule has 5 nitrogen and oxygen atoms in total. The van der Waals surface area contributed by atoms with Crippen LogP contribution in [0.15, 0.2) is 48.5 Å². The van der Waals surface area contributed by atoms with E-state index in [2.05, 4.69) is 38.2 Å². The fourth-order valence-electron chi connectivity index (χ4n) is 3.36. The number of para-hydroxylation sites is 1. The van der Waals surface area contributed by atoms with Gasteiger partial charge >= 0.3 is 0 Å². The lowest BCUT2D eigenvalue weighted by atomic mass is 9.86. The third-order valence-electron chi connectivity index (χ3n) is 5.17. The third-order valence-corrected chi connectivity index (χ3v) is 6.30. The fraction of sp³-hybridized carbons (Fsp3) is 0.458. The normalized spacial score (nSPS) is 13.2. The third kappa shape index (κ3) is 6.08. The molecule has 0 aliphatic heterocycles. The number of nitrogens with zero attached hydrogens (tertiary/aromatic N) is 1. The minimum atomic E-state index is -3.62. The number of hydrogen-bond donors (Lipinski definition) is 1. The zero-order chi connectivity index (χ0) is 22.7. The van der Waals surface area contributed by atoms with Crippen molar-refractivity contribution in [2.75, 3.05) is 17.1 Å². The van der Waals surface area contributed by atoms with Crippen molar-refractivity contribution < 1.29 is 13.2 Å². The summed E-state index contributed by atoms with van der Waals surface area (Å²) in [6.45, 7) is 12.1. The molecule has 0 bridgehead atoms. The van der Waals surface area contributed by atoms with Gasteiger partial charge in [0.15, 0.2) is 0 Å². The van der Waals surface area contributed by atoms with Crippen LogP contribution in [0, 0.1) is 0 Å². The number of anilines is 1. The molecule has 0 aromatic heterocycles. The van der Waals surface area contributed by atoms with Gasteiger partial charge in [0.25, 0.3) is 0 Å². The van der Waals surface area contributed by atoms with Crippen molar-refractivity contribution in [2.45, 2.75) is 58.9 Å². The highest BCUT2D eigenvalue weighted by Gasteiger charge is 2.24. The molecule has 2 aromatic carbocycles. The Balaban J connectivity index is 2.19. The van der Waals surface area contributed by atoms with E-state index in [0.29, 0.717) is 5.69 Å². The van der Waals surface area contributed by atoms with Crippen molar-refractivity contribution in [2.24, 2.45) is 0 Å². The van der Waals surface area contributed by atoms with Gasteiger partial charge < -0.3 is 5.32 Å². The first-order valence-electron chi connectivity index (χ1n) is 10.3. The van der Waals surface area contributed by atoms with Crippen LogP contribution in [-0.2, 0) is 20.2 Å². The molecule has 0 aliphatic carbocycles. The Morgan fingerprint density at radius 1 is 1.00 bits per heavy atom. The van der Waals surface area contributed by atoms with Crippen molar-refractivity contribution in [1.82, 2.24) is 5.32 Å². The first-order chi connectivity index (χ1) is 13.8. The number of hydrogen-bond acceptors (Lipinski definition) is 3. The number of nitrogens with one attached hydrogen (secondary N) is 1. The smallest absolute Gasteiger partial charge is 0.241 e. The predicted octanol–water partition coefficient (Wildman–Crippen LogP) is 4.75. The van der Waals surface area contributed by atoms with Crippen LogP contribution in [0.2, 0.25) is 0 Å². The molecule has 2 aromatic rings. The van der Waals surface area contributed by atoms with Crippen LogP contribution in [0.1, 0.15) is 70.2 Å². The minimum absolute atomic E-state index is 0.0603. The molecule has 0 radical (unpaired) electrons. The zero-order valence-electron chi connectivity index (χ0n) is 19.1. The lowest BCUT2D eigenvalue weighted by Crippen LogP contribution is -2.41. The van der Waals surface area contributed by atoms with E-state index in [0.717, 1.165) is 17.4 Å². The molecule has 2 rings (SSSR count). The van der Waals surface area contributed by atoms with E-state index in [4.69, 9.17) is 0 Å². The Labute approximate surface area is 181 Å². The largest absolute Gasteiger partial charge is 0.348 e. The number of sulfonamides is 1. The average molecular weight is 431 g/mol. The number of rotatable bonds is 7. The molecule has 0 saturated carbocycles. The van der Waals surface area contributed by atoms with Gasteiger partial charge in [-0.3, -0.25) is 9.10 Å². The van der Waals surface area contributed by atoms with Gasteiger partial charge in [-0.2, -0.15) is 0 Å². The standard InChI is InChI=1S/C24H34N2O3S/c1-17(2)21-10-8-9-11-22(21)26(30(7,28)29)16-23(27)25-18(3)19-12-14-20(15-13-19)24(4,5)6/h8-15,17-18H,16H2,1-7H3,(H,25,27). The Kier molecular flexibility index (Phi) is 7.35. The summed E-state index contributed by atoms with van der Waals surface area (Å²) in [5, 5.41) is 2.93. The summed E-state index contributed by atoms with van der Waals surface area (Å²) in [7, 11) is -3.62. The summed E-state index contributed by atoms with van der Waals surface area (Å²) >= 11 is 0. The molecule has 30 heavy (non-hydrogen) atoms. The van der Waals surface area contributed by atoms with Gasteiger partial charge in [-0.05, 0) is 41.0 Å². The maximum Gasteiger partial charge on any atom is 0.241 e. The molecule has 0 aliphatic rings. The Morgan fingerprint density at radius 3 is 2.07 bits per heavy atom. The molecule has 1 N–H and O–H groups in total. The van der Waals surface area contributed by atoms with Crippen molar-refractivity contribution in [1.29, 1.82) is 0 Å². The fourth-order valence-corrected chi connectivity index (χ4v) is 4.23. The predicted molar refractivity (Wildman–Crippen MR) is 124 cm³/mol. The van der Waals surface area contributed by atoms with Crippen molar-refractivity contribution in [3.05, 3.63) is 65.2 Å². The van der Waals surface area contributed by atoms with Crippen LogP contribution in [0.3, 0.4) is 0 Å². The maximum atomic E-state index is 12.7. The number of benzene rings is 2. The van der Waals surface area contributed by atoms with Crippen molar-refractivity contribution in [3.8, 4) is 0 Å². The highest BCUT2D eigenvalue weighted by Crippen LogP contribution is 2.29. The monoisotopic (exact) mass is 430 g/mol. The Morgan fingerprint density at radius 2 is 1.57 bits per heavy atom. The van der Waals surface area contributed by atoms with Gasteiger partial charge in [0, 0.05) is 0 Å². The van der Waals surface area contributed by atoms with E-state index in [-0.39, 0.29) is 29.8 Å². The number of carbonyl (C=O) groups excluding carboxylic acids is 1. The highest BCUT2D eigenvalue weighted by molar-refractivity contribution is 7.92. The van der Waals surface area contributed by atoms with Crippen molar-refractivity contribution in [3.63, 3.8) is 0 Å². The lowest BCUT2D eigenvalue weighted by molar-refractivity contribution is -0.120. The number of amides is 1. The summed E-state index contributed by atoms with van der Waals surface area (Å²) in [5.41, 5.74) is 3.70. The van der Waals surface area contributed by atoms with Gasteiger partial charge in [-0.15, -0.1) is 0 Å². The summed E-state index contributed by atoms with van der Waals surface area (Å²) in [4.78, 5) is 12.7. The van der Waals surface area contributed by atoms with Crippen LogP contribution in [0.5, 0.6) is 0 Å². The van der Waals surface area contributed by atoms with Gasteiger partial charge in [-0.1, -0.05) is 77.1 Å². The van der Waals surface area contributed by atoms with E-state index < -0.39 is 10.0 Å². The summed E-state index contributed by atoms with van der Waals surface area (Å²) in [6.07, 6.45) is 1.13. The SMILES string of the molecule is CC(C)c1ccccc1N(CC(=O)NC(C)c1ccc(C(C)(C)C)cc1)S(C)(=O)=O. The molecular weight excluding hydrogens is 396 g/mol. The second-order valence-corrected chi connectivity index (χ2v) is 11.1. The van der Waals surface area contributed by atoms with Gasteiger partial charge in [0.05, 0.1) is 18.0 Å². The molecule has 0 spiro atoms. The quantitative estimate of drug-likeness (QED) is 0.689. The number of carbonyl (C=O) groups is 1. The molecule has 6 heteroatoms. The maximum absolute atomic E-state index is 12.7. The molecule has 1 unspecified atom stereocenters. The van der Waals surface area contributed by atoms with Crippen LogP contribution in [0.25, 0.3) is 0 Å². The van der Waals surface area contributed by atoms with Crippen LogP contribution >= 0.6 is 0 Å². The summed E-state index contributed by atoms with van der Waals surface area (Å²) < 4.78 is 26.1. The summed E-state index contributed by atoms with van der Waals surface area (Å²) in [5.74, 6) is -0.208. The average Bonchev–Trinajstić information content (AvgIpc) is 2.64. The van der Waals surface area contributed by atoms with Gasteiger partial charge in [0.1, 0.15) is 6.54 Å². The first-order valence-corrected chi connectivity index (χ1v) is 12.1. The Bertz CT molecular complexity index is 974. The summed E-state index contributed by atoms with van der Waals surface area (Å²) in [6, 6.07) is 15.2. The van der Waals surface area contributed by atoms with E-state index in [1.807, 2.05) is 45.0 Å². The molecule has 0 saturated heterocycles. The lowest BCUT2D eigenvalue weighted by Gasteiger charge is -2.26. The Hall–Kier alpha value is -2.34. The highest BCUT2D eigenvalue weighted by atomic mass is 32.2. The molecule has 164 valence electrons. The molecular formula is C24H34N2O3S. The topological polar surface area (TPSA) is 66.5 Å². The van der Waals surface area contributed by atoms with E-state index >= 15 is 0 Å². The van der Waals surface area contributed by atoms with Gasteiger partial charge in [0.2, 0.25) is 15.9 Å². The van der Waals surface area contributed by atoms with E-state index in [1.54, 1.807) is 12.1 Å². The molecule has 0 heterocycles. The second-order valence-electron chi connectivity index (χ2n) is 9.14. The second kappa shape index (κ2) is 9.21. The van der Waals surface area contributed by atoms with Crippen LogP contribution in [-0.4, -0.2) is 27.1 Å². The minimum Gasteiger partial charge on any atom is -0.348 e. The van der Waals surface area contributed by atoms with Gasteiger partial charge in [-0.25, -0.2) is 8.42 Å². The first kappa shape index (κ1) is 23.9. The van der Waals surface area contributed by atoms with Crippen LogP contribution < -0.4 is 9.62 Å². The molecule has 1 amide bonds. The van der Waals surface area contributed by atoms with E-state index in [1.165, 1.54) is 9.87 Å². The van der Waals surface area contributed by atoms with E-state index in [9.17, 15) is 13.2 Å². The molecule has 1 atom stereocenters.